The minimum absolute atomic E-state index is 0.103. The van der Waals surface area contributed by atoms with Crippen LogP contribution >= 0.6 is 11.6 Å². The maximum absolute atomic E-state index is 12.9. The van der Waals surface area contributed by atoms with Gasteiger partial charge in [0.05, 0.1) is 13.2 Å². The van der Waals surface area contributed by atoms with Gasteiger partial charge in [0.2, 0.25) is 0 Å². The van der Waals surface area contributed by atoms with Gasteiger partial charge in [-0.3, -0.25) is 4.98 Å². The van der Waals surface area contributed by atoms with Gasteiger partial charge in [-0.2, -0.15) is 0 Å². The molecule has 6 nitrogen and oxygen atoms in total. The van der Waals surface area contributed by atoms with Gasteiger partial charge in [-0.1, -0.05) is 44.5 Å². The van der Waals surface area contributed by atoms with E-state index >= 15 is 0 Å². The molecule has 3 aromatic rings. The fourth-order valence-corrected chi connectivity index (χ4v) is 8.58. The highest BCUT2D eigenvalue weighted by Gasteiger charge is 2.54. The Kier molecular flexibility index (Phi) is 9.33. The molecule has 2 aromatic carbocycles. The fraction of sp³-hybridized carbons (Fsp3) is 0.526. The molecule has 0 bridgehead atoms. The molecule has 7 heteroatoms. The third-order valence-corrected chi connectivity index (χ3v) is 11.0. The number of nitrogens with one attached hydrogen (secondary N) is 1. The van der Waals surface area contributed by atoms with E-state index < -0.39 is 11.5 Å². The lowest BCUT2D eigenvalue weighted by atomic mass is 9.59. The highest BCUT2D eigenvalue weighted by molar-refractivity contribution is 6.30. The third-order valence-electron chi connectivity index (χ3n) is 10.7. The Balaban J connectivity index is 1.23. The highest BCUT2D eigenvalue weighted by Crippen LogP contribution is 2.56. The van der Waals surface area contributed by atoms with Crippen LogP contribution in [0, 0.1) is 11.8 Å². The number of nitrogens with zero attached hydrogens (tertiary/aromatic N) is 1. The summed E-state index contributed by atoms with van der Waals surface area (Å²) in [7, 11) is 0. The molecule has 45 heavy (non-hydrogen) atoms. The van der Waals surface area contributed by atoms with E-state index in [0.717, 1.165) is 55.7 Å². The molecule has 2 N–H and O–H groups in total. The van der Waals surface area contributed by atoms with Gasteiger partial charge < -0.3 is 19.9 Å². The molecule has 1 heterocycles. The molecule has 0 radical (unpaired) electrons. The molecule has 6 rings (SSSR count). The summed E-state index contributed by atoms with van der Waals surface area (Å²) in [6.45, 7) is 8.05. The van der Waals surface area contributed by atoms with Crippen LogP contribution in [-0.4, -0.2) is 34.8 Å². The molecule has 1 saturated carbocycles. The van der Waals surface area contributed by atoms with Gasteiger partial charge in [0, 0.05) is 28.2 Å². The minimum atomic E-state index is -1.04. The molecule has 240 valence electrons. The predicted octanol–water partition coefficient (Wildman–Crippen LogP) is 8.99. The number of aryl methyl sites for hydroxylation is 1. The van der Waals surface area contributed by atoms with Crippen LogP contribution in [0.1, 0.15) is 100 Å². The first kappa shape index (κ1) is 31.7. The second-order valence-corrected chi connectivity index (χ2v) is 14.3. The topological polar surface area (TPSA) is 80.7 Å². The first-order valence-electron chi connectivity index (χ1n) is 16.9. The lowest BCUT2D eigenvalue weighted by Crippen LogP contribution is -2.53. The number of halogens is 1. The highest BCUT2D eigenvalue weighted by atomic mass is 35.5. The fourth-order valence-electron chi connectivity index (χ4n) is 8.39. The van der Waals surface area contributed by atoms with E-state index in [1.165, 1.54) is 35.2 Å². The molecule has 3 aliphatic rings. The van der Waals surface area contributed by atoms with Crippen LogP contribution in [0.4, 0.5) is 5.69 Å². The molecule has 3 aliphatic carbocycles. The average molecular weight is 631 g/mol. The summed E-state index contributed by atoms with van der Waals surface area (Å²) < 4.78 is 12.6. The molecule has 0 amide bonds. The molecular formula is C38H47ClN2O4. The van der Waals surface area contributed by atoms with Crippen molar-refractivity contribution in [1.29, 1.82) is 0 Å². The molecule has 0 aliphatic heterocycles. The number of fused-ring (bicyclic) bond motifs is 3. The monoisotopic (exact) mass is 630 g/mol. The number of carboxylic acid groups (broad SMARTS) is 1. The molecular weight excluding hydrogens is 584 g/mol. The van der Waals surface area contributed by atoms with Gasteiger partial charge in [0.1, 0.15) is 17.0 Å². The number of carboxylic acids is 1. The number of rotatable bonds is 11. The quantitative estimate of drug-likeness (QED) is 0.220. The van der Waals surface area contributed by atoms with Gasteiger partial charge in [0.15, 0.2) is 0 Å². The van der Waals surface area contributed by atoms with Crippen LogP contribution in [0.3, 0.4) is 0 Å². The zero-order chi connectivity index (χ0) is 31.6. The largest absolute Gasteiger partial charge is 0.494 e. The van der Waals surface area contributed by atoms with Crippen molar-refractivity contribution in [3.63, 3.8) is 0 Å². The summed E-state index contributed by atoms with van der Waals surface area (Å²) in [6.07, 6.45) is 10.9. The molecule has 1 fully saturated rings. The predicted molar refractivity (Wildman–Crippen MR) is 180 cm³/mol. The Morgan fingerprint density at radius 3 is 2.71 bits per heavy atom. The second-order valence-electron chi connectivity index (χ2n) is 13.9. The van der Waals surface area contributed by atoms with Gasteiger partial charge in [0.25, 0.3) is 0 Å². The standard InChI is InChI=1S/C38H47ClN2O4/c1-4-19-44-31-12-11-27-21-28(20-25(2)24-45-34-13-18-40-33-10-5-7-26(3)35(33)34)37(32(27)23-31)14-16-38(17-15-37,36(42)43)41-30-9-6-8-29(39)22-30/h6,8-9,11-13,18,22-23,25-26,28,41H,4-5,7,10,14-17,19-21,24H2,1-3H3,(H,42,43)/t25-,26-,28?,37?,38?/m1/s1. The van der Waals surface area contributed by atoms with E-state index in [9.17, 15) is 9.90 Å². The van der Waals surface area contributed by atoms with Crippen LogP contribution < -0.4 is 14.8 Å². The van der Waals surface area contributed by atoms with E-state index in [2.05, 4.69) is 49.3 Å². The van der Waals surface area contributed by atoms with Crippen molar-refractivity contribution in [2.45, 2.75) is 102 Å². The second kappa shape index (κ2) is 13.2. The summed E-state index contributed by atoms with van der Waals surface area (Å²) in [6, 6.07) is 16.0. The number of aliphatic carboxylic acids is 1. The number of carbonyl (C=O) groups is 1. The number of ether oxygens (including phenoxy) is 2. The van der Waals surface area contributed by atoms with Gasteiger partial charge in [-0.25, -0.2) is 4.79 Å². The smallest absolute Gasteiger partial charge is 0.329 e. The SMILES string of the molecule is CCCOc1ccc2c(c1)C1(CCC(Nc3cccc(Cl)c3)(C(=O)O)CC1)C(C[C@@H](C)COc1ccnc3c1[C@H](C)CCC3)C2. The average Bonchev–Trinajstić information content (AvgIpc) is 3.31. The summed E-state index contributed by atoms with van der Waals surface area (Å²) >= 11 is 6.25. The van der Waals surface area contributed by atoms with Crippen LogP contribution in [0.15, 0.2) is 54.7 Å². The number of hydrogen-bond donors (Lipinski definition) is 2. The Labute approximate surface area is 272 Å². The van der Waals surface area contributed by atoms with Crippen molar-refractivity contribution in [3.8, 4) is 11.5 Å². The van der Waals surface area contributed by atoms with E-state index in [1.54, 1.807) is 0 Å². The maximum Gasteiger partial charge on any atom is 0.329 e. The molecule has 1 aromatic heterocycles. The van der Waals surface area contributed by atoms with E-state index in [1.807, 2.05) is 36.5 Å². The van der Waals surface area contributed by atoms with Crippen LogP contribution in [-0.2, 0) is 23.1 Å². The Morgan fingerprint density at radius 2 is 1.96 bits per heavy atom. The maximum atomic E-state index is 12.9. The van der Waals surface area contributed by atoms with Crippen LogP contribution in [0.25, 0.3) is 0 Å². The molecule has 1 unspecified atom stereocenters. The zero-order valence-electron chi connectivity index (χ0n) is 26.9. The number of pyridine rings is 1. The summed E-state index contributed by atoms with van der Waals surface area (Å²) in [5, 5.41) is 14.5. The molecule has 1 spiro atoms. The van der Waals surface area contributed by atoms with Crippen molar-refractivity contribution >= 4 is 23.3 Å². The molecule has 3 atom stereocenters. The van der Waals surface area contributed by atoms with Crippen LogP contribution in [0.5, 0.6) is 11.5 Å². The number of anilines is 1. The zero-order valence-corrected chi connectivity index (χ0v) is 27.7. The number of aromatic nitrogens is 1. The normalized spacial score (nSPS) is 26.1. The van der Waals surface area contributed by atoms with Crippen molar-refractivity contribution in [2.24, 2.45) is 11.8 Å². The van der Waals surface area contributed by atoms with Crippen molar-refractivity contribution < 1.29 is 19.4 Å². The lowest BCUT2D eigenvalue weighted by molar-refractivity contribution is -0.144. The van der Waals surface area contributed by atoms with Crippen LogP contribution in [0.2, 0.25) is 5.02 Å². The van der Waals surface area contributed by atoms with Crippen molar-refractivity contribution in [1.82, 2.24) is 4.98 Å². The van der Waals surface area contributed by atoms with Gasteiger partial charge >= 0.3 is 5.97 Å². The third kappa shape index (κ3) is 6.40. The van der Waals surface area contributed by atoms with E-state index in [4.69, 9.17) is 21.1 Å². The summed E-state index contributed by atoms with van der Waals surface area (Å²) in [5.74, 6) is 2.32. The van der Waals surface area contributed by atoms with E-state index in [0.29, 0.717) is 48.8 Å². The summed E-state index contributed by atoms with van der Waals surface area (Å²) in [5.41, 5.74) is 4.83. The Morgan fingerprint density at radius 1 is 1.13 bits per heavy atom. The van der Waals surface area contributed by atoms with Gasteiger partial charge in [-0.15, -0.1) is 0 Å². The van der Waals surface area contributed by atoms with E-state index in [-0.39, 0.29) is 5.41 Å². The van der Waals surface area contributed by atoms with Gasteiger partial charge in [-0.05, 0) is 135 Å². The molecule has 0 saturated heterocycles. The minimum Gasteiger partial charge on any atom is -0.494 e. The number of hydrogen-bond acceptors (Lipinski definition) is 5. The Bertz CT molecular complexity index is 1520. The first-order chi connectivity index (χ1) is 21.7. The first-order valence-corrected chi connectivity index (χ1v) is 17.2. The lowest BCUT2D eigenvalue weighted by Gasteiger charge is -2.47. The van der Waals surface area contributed by atoms with Crippen molar-refractivity contribution in [3.05, 3.63) is 82.1 Å². The number of benzene rings is 2. The van der Waals surface area contributed by atoms with Crippen molar-refractivity contribution in [2.75, 3.05) is 18.5 Å². The Hall–Kier alpha value is -3.25. The summed E-state index contributed by atoms with van der Waals surface area (Å²) in [4.78, 5) is 17.5.